The second-order valence-electron chi connectivity index (χ2n) is 4.65. The largest absolute Gasteiger partial charge is 0.481 e. The van der Waals surface area contributed by atoms with Gasteiger partial charge < -0.3 is 10.3 Å². The lowest BCUT2D eigenvalue weighted by Crippen LogP contribution is -2.48. The van der Waals surface area contributed by atoms with E-state index in [4.69, 9.17) is 10.3 Å². The van der Waals surface area contributed by atoms with Crippen molar-refractivity contribution >= 4 is 11.7 Å². The van der Waals surface area contributed by atoms with Crippen LogP contribution in [0.25, 0.3) is 0 Å². The summed E-state index contributed by atoms with van der Waals surface area (Å²) in [6, 6.07) is 0. The Morgan fingerprint density at radius 3 is 2.50 bits per heavy atom. The van der Waals surface area contributed by atoms with Gasteiger partial charge in [-0.15, -0.1) is 0 Å². The van der Waals surface area contributed by atoms with E-state index >= 15 is 0 Å². The highest BCUT2D eigenvalue weighted by Crippen LogP contribution is 2.53. The Balaban J connectivity index is 2.63. The van der Waals surface area contributed by atoms with Gasteiger partial charge in [-0.05, 0) is 24.7 Å². The topological polar surface area (TPSA) is 69.9 Å². The number of hydrogen-bond donors (Lipinski definition) is 2. The molecule has 4 nitrogen and oxygen atoms in total. The molecule has 0 aromatic carbocycles. The van der Waals surface area contributed by atoms with Crippen LogP contribution in [0.1, 0.15) is 33.6 Å². The maximum Gasteiger partial charge on any atom is 0.303 e. The molecular formula is C10H17NO3. The number of carbonyl (C=O) groups is 1. The Kier molecular flexibility index (Phi) is 2.83. The Labute approximate surface area is 83.6 Å². The predicted octanol–water partition coefficient (Wildman–Crippen LogP) is 1.97. The van der Waals surface area contributed by atoms with Crippen LogP contribution >= 0.6 is 0 Å². The minimum absolute atomic E-state index is 0.0608. The van der Waals surface area contributed by atoms with Crippen molar-refractivity contribution in [1.29, 1.82) is 0 Å². The average molecular weight is 199 g/mol. The molecule has 1 aliphatic carbocycles. The standard InChI is InChI=1S/C10H17NO3/c1-6(11-14)8-4-7(5-9(12)13)10(8,2)3/h7-8,14H,4-5H2,1-3H3,(H,12,13)/b11-6-/t7-,8+/m1/s1. The summed E-state index contributed by atoms with van der Waals surface area (Å²) in [7, 11) is 0. The van der Waals surface area contributed by atoms with Crippen molar-refractivity contribution in [3.63, 3.8) is 0 Å². The van der Waals surface area contributed by atoms with E-state index in [2.05, 4.69) is 5.16 Å². The molecule has 1 fully saturated rings. The summed E-state index contributed by atoms with van der Waals surface area (Å²) in [4.78, 5) is 10.6. The van der Waals surface area contributed by atoms with Crippen molar-refractivity contribution in [3.05, 3.63) is 0 Å². The first-order chi connectivity index (χ1) is 6.39. The number of oxime groups is 1. The number of nitrogens with zero attached hydrogens (tertiary/aromatic N) is 1. The van der Waals surface area contributed by atoms with Crippen LogP contribution < -0.4 is 0 Å². The van der Waals surface area contributed by atoms with Gasteiger partial charge in [0.15, 0.2) is 0 Å². The zero-order valence-electron chi connectivity index (χ0n) is 8.82. The summed E-state index contributed by atoms with van der Waals surface area (Å²) < 4.78 is 0. The lowest BCUT2D eigenvalue weighted by molar-refractivity contribution is -0.142. The Hall–Kier alpha value is -1.06. The molecular weight excluding hydrogens is 182 g/mol. The molecule has 0 aromatic rings. The van der Waals surface area contributed by atoms with E-state index in [-0.39, 0.29) is 23.7 Å². The van der Waals surface area contributed by atoms with E-state index in [9.17, 15) is 4.79 Å². The van der Waals surface area contributed by atoms with E-state index in [1.54, 1.807) is 6.92 Å². The third-order valence-corrected chi connectivity index (χ3v) is 3.55. The van der Waals surface area contributed by atoms with Crippen LogP contribution in [0.5, 0.6) is 0 Å². The highest BCUT2D eigenvalue weighted by molar-refractivity contribution is 5.85. The first-order valence-corrected chi connectivity index (χ1v) is 4.80. The fraction of sp³-hybridized carbons (Fsp3) is 0.800. The van der Waals surface area contributed by atoms with Gasteiger partial charge >= 0.3 is 5.97 Å². The van der Waals surface area contributed by atoms with Gasteiger partial charge in [-0.1, -0.05) is 19.0 Å². The quantitative estimate of drug-likeness (QED) is 0.415. The van der Waals surface area contributed by atoms with Gasteiger partial charge in [-0.2, -0.15) is 0 Å². The molecule has 0 heterocycles. The van der Waals surface area contributed by atoms with Gasteiger partial charge in [0.2, 0.25) is 0 Å². The molecule has 2 N–H and O–H groups in total. The summed E-state index contributed by atoms with van der Waals surface area (Å²) in [6.07, 6.45) is 1.03. The van der Waals surface area contributed by atoms with Crippen molar-refractivity contribution in [2.24, 2.45) is 22.4 Å². The SMILES string of the molecule is C/C(=N/O)[C@@H]1C[C@H](CC(=O)O)C1(C)C. The van der Waals surface area contributed by atoms with Crippen molar-refractivity contribution in [3.8, 4) is 0 Å². The Morgan fingerprint density at radius 2 is 2.14 bits per heavy atom. The van der Waals surface area contributed by atoms with E-state index in [1.807, 2.05) is 13.8 Å². The maximum absolute atomic E-state index is 10.6. The van der Waals surface area contributed by atoms with E-state index < -0.39 is 5.97 Å². The molecule has 4 heteroatoms. The maximum atomic E-state index is 10.6. The van der Waals surface area contributed by atoms with Crippen molar-refractivity contribution in [1.82, 2.24) is 0 Å². The zero-order valence-corrected chi connectivity index (χ0v) is 8.82. The molecule has 1 saturated carbocycles. The molecule has 0 aromatic heterocycles. The molecule has 2 atom stereocenters. The highest BCUT2D eigenvalue weighted by Gasteiger charge is 2.49. The molecule has 0 aliphatic heterocycles. The minimum Gasteiger partial charge on any atom is -0.481 e. The van der Waals surface area contributed by atoms with Gasteiger partial charge in [0, 0.05) is 12.3 Å². The van der Waals surface area contributed by atoms with Gasteiger partial charge in [-0.25, -0.2) is 0 Å². The van der Waals surface area contributed by atoms with Crippen LogP contribution in [0.4, 0.5) is 0 Å². The second-order valence-corrected chi connectivity index (χ2v) is 4.65. The molecule has 0 saturated heterocycles. The van der Waals surface area contributed by atoms with Gasteiger partial charge in [-0.3, -0.25) is 4.79 Å². The van der Waals surface area contributed by atoms with E-state index in [0.29, 0.717) is 5.71 Å². The molecule has 14 heavy (non-hydrogen) atoms. The molecule has 1 aliphatic rings. The smallest absolute Gasteiger partial charge is 0.303 e. The van der Waals surface area contributed by atoms with Gasteiger partial charge in [0.1, 0.15) is 0 Å². The van der Waals surface area contributed by atoms with Crippen LogP contribution in [-0.4, -0.2) is 22.0 Å². The summed E-state index contributed by atoms with van der Waals surface area (Å²) in [5, 5.41) is 20.5. The van der Waals surface area contributed by atoms with Crippen molar-refractivity contribution in [2.75, 3.05) is 0 Å². The van der Waals surface area contributed by atoms with Crippen molar-refractivity contribution in [2.45, 2.75) is 33.6 Å². The predicted molar refractivity (Wildman–Crippen MR) is 52.5 cm³/mol. The molecule has 0 bridgehead atoms. The first-order valence-electron chi connectivity index (χ1n) is 4.80. The monoisotopic (exact) mass is 199 g/mol. The number of hydrogen-bond acceptors (Lipinski definition) is 3. The van der Waals surface area contributed by atoms with E-state index in [0.717, 1.165) is 6.42 Å². The average Bonchev–Trinajstić information content (AvgIpc) is 2.10. The van der Waals surface area contributed by atoms with Crippen LogP contribution in [0.2, 0.25) is 0 Å². The van der Waals surface area contributed by atoms with Crippen LogP contribution in [0.3, 0.4) is 0 Å². The second kappa shape index (κ2) is 3.59. The van der Waals surface area contributed by atoms with Crippen LogP contribution in [0, 0.1) is 17.3 Å². The van der Waals surface area contributed by atoms with E-state index in [1.165, 1.54) is 0 Å². The summed E-state index contributed by atoms with van der Waals surface area (Å²) in [6.45, 7) is 5.84. The minimum atomic E-state index is -0.750. The van der Waals surface area contributed by atoms with Crippen molar-refractivity contribution < 1.29 is 15.1 Å². The lowest BCUT2D eigenvalue weighted by atomic mass is 9.52. The Bertz CT molecular complexity index is 271. The molecule has 0 radical (unpaired) electrons. The third kappa shape index (κ3) is 1.74. The summed E-state index contributed by atoms with van der Waals surface area (Å²) in [5.41, 5.74) is 0.644. The molecule has 0 unspecified atom stereocenters. The fourth-order valence-corrected chi connectivity index (χ4v) is 2.35. The number of rotatable bonds is 3. The third-order valence-electron chi connectivity index (χ3n) is 3.55. The molecule has 80 valence electrons. The van der Waals surface area contributed by atoms with Gasteiger partial charge in [0.05, 0.1) is 5.71 Å². The first kappa shape index (κ1) is 11.0. The van der Waals surface area contributed by atoms with Crippen LogP contribution in [-0.2, 0) is 4.79 Å². The molecule has 1 rings (SSSR count). The molecule has 0 amide bonds. The highest BCUT2D eigenvalue weighted by atomic mass is 16.4. The lowest BCUT2D eigenvalue weighted by Gasteiger charge is -2.51. The number of carboxylic acid groups (broad SMARTS) is 1. The van der Waals surface area contributed by atoms with Crippen LogP contribution in [0.15, 0.2) is 5.16 Å². The molecule has 0 spiro atoms. The summed E-state index contributed by atoms with van der Waals surface area (Å²) >= 11 is 0. The number of carboxylic acids is 1. The normalized spacial score (nSPS) is 30.9. The Morgan fingerprint density at radius 1 is 1.57 bits per heavy atom. The number of aliphatic carboxylic acids is 1. The fourth-order valence-electron chi connectivity index (χ4n) is 2.35. The van der Waals surface area contributed by atoms with Gasteiger partial charge in [0.25, 0.3) is 0 Å². The summed E-state index contributed by atoms with van der Waals surface area (Å²) in [5.74, 6) is -0.335. The zero-order chi connectivity index (χ0) is 10.9.